The van der Waals surface area contributed by atoms with Crippen LogP contribution in [0, 0.1) is 6.92 Å². The molecule has 0 aromatic heterocycles. The number of anilines is 2. The van der Waals surface area contributed by atoms with E-state index in [1.54, 1.807) is 12.1 Å². The number of urea groups is 1. The first-order valence-corrected chi connectivity index (χ1v) is 7.40. The Morgan fingerprint density at radius 2 is 1.95 bits per heavy atom. The van der Waals surface area contributed by atoms with Gasteiger partial charge in [-0.15, -0.1) is 0 Å². The van der Waals surface area contributed by atoms with E-state index in [1.165, 1.54) is 0 Å². The fourth-order valence-electron chi connectivity index (χ4n) is 1.84. The molecule has 0 aliphatic heterocycles. The van der Waals surface area contributed by atoms with Crippen LogP contribution < -0.4 is 16.4 Å². The minimum absolute atomic E-state index is 0.224. The van der Waals surface area contributed by atoms with Crippen LogP contribution in [-0.4, -0.2) is 11.0 Å². The van der Waals surface area contributed by atoms with Gasteiger partial charge in [0.25, 0.3) is 0 Å². The van der Waals surface area contributed by atoms with E-state index >= 15 is 0 Å². The highest BCUT2D eigenvalue weighted by Gasteiger charge is 2.09. The molecule has 108 valence electrons. The molecule has 0 heterocycles. The van der Waals surface area contributed by atoms with Crippen molar-refractivity contribution in [2.75, 3.05) is 10.6 Å². The van der Waals surface area contributed by atoms with E-state index in [0.717, 1.165) is 15.7 Å². The van der Waals surface area contributed by atoms with Crippen molar-refractivity contribution in [3.63, 3.8) is 0 Å². The number of amides is 2. The molecule has 0 spiro atoms. The standard InChI is InChI=1S/C15H14BrN3OS/c1-9-3-2-4-11(7-9)18-15(20)19-13-6-5-10(16)8-12(13)14(17)21/h2-8H,1H3,(H2,17,21)(H2,18,19,20). The number of hydrogen-bond acceptors (Lipinski definition) is 2. The normalized spacial score (nSPS) is 10.0. The van der Waals surface area contributed by atoms with E-state index in [0.29, 0.717) is 11.3 Å². The number of benzene rings is 2. The smallest absolute Gasteiger partial charge is 0.323 e. The van der Waals surface area contributed by atoms with Gasteiger partial charge in [-0.2, -0.15) is 0 Å². The molecule has 0 aliphatic rings. The summed E-state index contributed by atoms with van der Waals surface area (Å²) < 4.78 is 0.843. The Bertz CT molecular complexity index is 703. The average Bonchev–Trinajstić information content (AvgIpc) is 2.40. The zero-order valence-corrected chi connectivity index (χ0v) is 13.7. The lowest BCUT2D eigenvalue weighted by Gasteiger charge is -2.12. The molecule has 0 aliphatic carbocycles. The molecule has 0 radical (unpaired) electrons. The number of rotatable bonds is 3. The molecule has 0 bridgehead atoms. The Balaban J connectivity index is 2.15. The third-order valence-corrected chi connectivity index (χ3v) is 3.48. The summed E-state index contributed by atoms with van der Waals surface area (Å²) in [7, 11) is 0. The maximum atomic E-state index is 12.0. The fraction of sp³-hybridized carbons (Fsp3) is 0.0667. The second kappa shape index (κ2) is 6.69. The highest BCUT2D eigenvalue weighted by molar-refractivity contribution is 9.10. The van der Waals surface area contributed by atoms with Crippen LogP contribution in [0.1, 0.15) is 11.1 Å². The Morgan fingerprint density at radius 3 is 2.62 bits per heavy atom. The summed E-state index contributed by atoms with van der Waals surface area (Å²) in [5, 5.41) is 5.51. The van der Waals surface area contributed by atoms with Gasteiger partial charge in [0, 0.05) is 15.7 Å². The monoisotopic (exact) mass is 363 g/mol. The maximum Gasteiger partial charge on any atom is 0.323 e. The van der Waals surface area contributed by atoms with E-state index < -0.39 is 0 Å². The topological polar surface area (TPSA) is 67.2 Å². The summed E-state index contributed by atoms with van der Waals surface area (Å²) in [4.78, 5) is 12.3. The van der Waals surface area contributed by atoms with Crippen LogP contribution in [0.15, 0.2) is 46.9 Å². The molecule has 4 N–H and O–H groups in total. The van der Waals surface area contributed by atoms with Gasteiger partial charge in [0.2, 0.25) is 0 Å². The van der Waals surface area contributed by atoms with Crippen LogP contribution >= 0.6 is 28.1 Å². The molecular formula is C15H14BrN3OS. The molecule has 0 saturated heterocycles. The van der Waals surface area contributed by atoms with Crippen molar-refractivity contribution < 1.29 is 4.79 Å². The van der Waals surface area contributed by atoms with Crippen molar-refractivity contribution in [3.8, 4) is 0 Å². The summed E-state index contributed by atoms with van der Waals surface area (Å²) >= 11 is 8.34. The molecule has 21 heavy (non-hydrogen) atoms. The van der Waals surface area contributed by atoms with Crippen molar-refractivity contribution >= 4 is 50.5 Å². The maximum absolute atomic E-state index is 12.0. The van der Waals surface area contributed by atoms with Gasteiger partial charge in [0.1, 0.15) is 4.99 Å². The molecule has 6 heteroatoms. The van der Waals surface area contributed by atoms with Gasteiger partial charge in [-0.3, -0.25) is 0 Å². The van der Waals surface area contributed by atoms with Gasteiger partial charge in [-0.25, -0.2) is 4.79 Å². The number of carbonyl (C=O) groups is 1. The molecule has 2 aromatic rings. The Kier molecular flexibility index (Phi) is 4.93. The van der Waals surface area contributed by atoms with E-state index in [1.807, 2.05) is 37.3 Å². The minimum Gasteiger partial charge on any atom is -0.389 e. The molecule has 0 saturated carbocycles. The summed E-state index contributed by atoms with van der Waals surface area (Å²) in [5.41, 5.74) is 8.64. The van der Waals surface area contributed by atoms with E-state index in [2.05, 4.69) is 26.6 Å². The van der Waals surface area contributed by atoms with Crippen LogP contribution in [0.3, 0.4) is 0 Å². The number of aryl methyl sites for hydroxylation is 1. The van der Waals surface area contributed by atoms with Crippen LogP contribution in [0.4, 0.5) is 16.2 Å². The third-order valence-electron chi connectivity index (χ3n) is 2.77. The molecular weight excluding hydrogens is 350 g/mol. The molecule has 0 unspecified atom stereocenters. The summed E-state index contributed by atoms with van der Waals surface area (Å²) in [6, 6.07) is 12.5. The number of halogens is 1. The van der Waals surface area contributed by atoms with E-state index in [9.17, 15) is 4.79 Å². The Morgan fingerprint density at radius 1 is 1.19 bits per heavy atom. The highest BCUT2D eigenvalue weighted by Crippen LogP contribution is 2.21. The lowest BCUT2D eigenvalue weighted by molar-refractivity contribution is 0.262. The number of nitrogens with one attached hydrogen (secondary N) is 2. The molecule has 0 atom stereocenters. The van der Waals surface area contributed by atoms with Crippen LogP contribution in [0.2, 0.25) is 0 Å². The largest absolute Gasteiger partial charge is 0.389 e. The quantitative estimate of drug-likeness (QED) is 0.721. The predicted molar refractivity (Wildman–Crippen MR) is 93.8 cm³/mol. The van der Waals surface area contributed by atoms with Crippen molar-refractivity contribution in [2.24, 2.45) is 5.73 Å². The second-order valence-corrected chi connectivity index (χ2v) is 5.86. The van der Waals surface area contributed by atoms with Gasteiger partial charge < -0.3 is 16.4 Å². The fourth-order valence-corrected chi connectivity index (χ4v) is 2.37. The second-order valence-electron chi connectivity index (χ2n) is 4.50. The third kappa shape index (κ3) is 4.27. The van der Waals surface area contributed by atoms with E-state index in [-0.39, 0.29) is 11.0 Å². The van der Waals surface area contributed by atoms with Crippen molar-refractivity contribution in [1.29, 1.82) is 0 Å². The number of hydrogen-bond donors (Lipinski definition) is 3. The minimum atomic E-state index is -0.347. The number of nitrogens with two attached hydrogens (primary N) is 1. The first kappa shape index (κ1) is 15.5. The van der Waals surface area contributed by atoms with Crippen LogP contribution in [0.25, 0.3) is 0 Å². The molecule has 2 amide bonds. The predicted octanol–water partition coefficient (Wildman–Crippen LogP) is 4.04. The van der Waals surface area contributed by atoms with Gasteiger partial charge in [-0.05, 0) is 42.8 Å². The summed E-state index contributed by atoms with van der Waals surface area (Å²) in [6.45, 7) is 1.96. The average molecular weight is 364 g/mol. The number of thiocarbonyl (C=S) groups is 1. The van der Waals surface area contributed by atoms with Gasteiger partial charge in [-0.1, -0.05) is 40.3 Å². The van der Waals surface area contributed by atoms with Crippen molar-refractivity contribution in [2.45, 2.75) is 6.92 Å². The Hall–Kier alpha value is -1.92. The van der Waals surface area contributed by atoms with Gasteiger partial charge in [0.05, 0.1) is 5.69 Å². The van der Waals surface area contributed by atoms with Crippen LogP contribution in [-0.2, 0) is 0 Å². The lowest BCUT2D eigenvalue weighted by atomic mass is 10.2. The lowest BCUT2D eigenvalue weighted by Crippen LogP contribution is -2.22. The number of carbonyl (C=O) groups excluding carboxylic acids is 1. The van der Waals surface area contributed by atoms with Gasteiger partial charge >= 0.3 is 6.03 Å². The zero-order valence-electron chi connectivity index (χ0n) is 11.3. The Labute approximate surface area is 136 Å². The van der Waals surface area contributed by atoms with Crippen molar-refractivity contribution in [3.05, 3.63) is 58.1 Å². The zero-order chi connectivity index (χ0) is 15.4. The SMILES string of the molecule is Cc1cccc(NC(=O)Nc2ccc(Br)cc2C(N)=S)c1. The van der Waals surface area contributed by atoms with E-state index in [4.69, 9.17) is 18.0 Å². The highest BCUT2D eigenvalue weighted by atomic mass is 79.9. The summed E-state index contributed by atoms with van der Waals surface area (Å²) in [6.07, 6.45) is 0. The first-order valence-electron chi connectivity index (χ1n) is 6.20. The van der Waals surface area contributed by atoms with Crippen molar-refractivity contribution in [1.82, 2.24) is 0 Å². The molecule has 2 aromatic carbocycles. The molecule has 4 nitrogen and oxygen atoms in total. The first-order chi connectivity index (χ1) is 9.95. The van der Waals surface area contributed by atoms with Gasteiger partial charge in [0.15, 0.2) is 0 Å². The van der Waals surface area contributed by atoms with Crippen LogP contribution in [0.5, 0.6) is 0 Å². The summed E-state index contributed by atoms with van der Waals surface area (Å²) in [5.74, 6) is 0. The molecule has 0 fully saturated rings. The molecule has 2 rings (SSSR count).